The van der Waals surface area contributed by atoms with Crippen molar-refractivity contribution in [2.24, 2.45) is 0 Å². The van der Waals surface area contributed by atoms with E-state index in [-0.39, 0.29) is 12.5 Å². The Morgan fingerprint density at radius 3 is 2.22 bits per heavy atom. The first kappa shape index (κ1) is 12.9. The van der Waals surface area contributed by atoms with Crippen molar-refractivity contribution < 1.29 is 23.1 Å². The molecule has 1 saturated heterocycles. The minimum absolute atomic E-state index is 0.199. The van der Waals surface area contributed by atoms with Gasteiger partial charge < -0.3 is 10.0 Å². The predicted molar refractivity (Wildman–Crippen MR) is 57.8 cm³/mol. The molecule has 0 aliphatic carbocycles. The maximum atomic E-state index is 12.4. The molecule has 0 radical (unpaired) electrons. The van der Waals surface area contributed by atoms with Gasteiger partial charge in [0.05, 0.1) is 17.6 Å². The van der Waals surface area contributed by atoms with E-state index in [0.29, 0.717) is 5.56 Å². The van der Waals surface area contributed by atoms with Crippen LogP contribution in [0.25, 0.3) is 0 Å². The molecule has 1 aromatic rings. The molecule has 0 spiro atoms. The van der Waals surface area contributed by atoms with Gasteiger partial charge in [-0.3, -0.25) is 4.79 Å². The van der Waals surface area contributed by atoms with Crippen molar-refractivity contribution >= 4 is 5.91 Å². The van der Waals surface area contributed by atoms with Gasteiger partial charge in [-0.2, -0.15) is 13.2 Å². The quantitative estimate of drug-likeness (QED) is 0.832. The van der Waals surface area contributed by atoms with E-state index in [4.69, 9.17) is 0 Å². The molecule has 2 atom stereocenters. The monoisotopic (exact) mass is 259 g/mol. The molecule has 1 N–H and O–H groups in total. The molecule has 1 heterocycles. The third-order valence-corrected chi connectivity index (χ3v) is 3.09. The Morgan fingerprint density at radius 1 is 1.28 bits per heavy atom. The van der Waals surface area contributed by atoms with E-state index in [0.717, 1.165) is 12.1 Å². The van der Waals surface area contributed by atoms with Gasteiger partial charge in [0.2, 0.25) is 5.91 Å². The number of likely N-dealkylation sites (N-methyl/N-ethyl adjacent to an activating group) is 1. The van der Waals surface area contributed by atoms with Crippen LogP contribution in [0.1, 0.15) is 17.0 Å². The second kappa shape index (κ2) is 4.28. The number of benzene rings is 1. The Labute approximate surface area is 102 Å². The largest absolute Gasteiger partial charge is 0.416 e. The summed E-state index contributed by atoms with van der Waals surface area (Å²) < 4.78 is 37.2. The number of rotatable bonds is 1. The highest BCUT2D eigenvalue weighted by atomic mass is 19.4. The normalized spacial score (nSPS) is 24.7. The molecule has 6 heteroatoms. The average molecular weight is 259 g/mol. The van der Waals surface area contributed by atoms with Gasteiger partial charge in [-0.25, -0.2) is 0 Å². The zero-order valence-corrected chi connectivity index (χ0v) is 9.61. The molecule has 1 amide bonds. The van der Waals surface area contributed by atoms with Gasteiger partial charge in [-0.1, -0.05) is 12.1 Å². The molecule has 0 saturated carbocycles. The van der Waals surface area contributed by atoms with Crippen molar-refractivity contribution in [1.82, 2.24) is 4.90 Å². The van der Waals surface area contributed by atoms with Gasteiger partial charge >= 0.3 is 6.18 Å². The van der Waals surface area contributed by atoms with Crippen LogP contribution in [0.4, 0.5) is 13.2 Å². The Bertz CT molecular complexity index is 455. The fourth-order valence-corrected chi connectivity index (χ4v) is 2.12. The van der Waals surface area contributed by atoms with Gasteiger partial charge in [-0.15, -0.1) is 0 Å². The highest BCUT2D eigenvalue weighted by Crippen LogP contribution is 2.32. The Balaban J connectivity index is 2.28. The lowest BCUT2D eigenvalue weighted by atomic mass is 9.94. The number of alkyl halides is 3. The van der Waals surface area contributed by atoms with Crippen LogP contribution < -0.4 is 0 Å². The summed E-state index contributed by atoms with van der Waals surface area (Å²) in [5.41, 5.74) is -0.357. The van der Waals surface area contributed by atoms with E-state index in [1.54, 1.807) is 7.05 Å². The van der Waals surface area contributed by atoms with Gasteiger partial charge in [0.25, 0.3) is 0 Å². The number of carbonyl (C=O) groups excluding carboxylic acids is 1. The first-order valence-corrected chi connectivity index (χ1v) is 5.41. The SMILES string of the molecule is CN1CC(O)C(c2ccc(C(F)(F)F)cc2)C1=O. The number of nitrogens with zero attached hydrogens (tertiary/aromatic N) is 1. The maximum absolute atomic E-state index is 12.4. The zero-order valence-electron chi connectivity index (χ0n) is 9.61. The number of carbonyl (C=O) groups is 1. The van der Waals surface area contributed by atoms with E-state index in [1.165, 1.54) is 17.0 Å². The number of aliphatic hydroxyl groups excluding tert-OH is 1. The minimum Gasteiger partial charge on any atom is -0.390 e. The van der Waals surface area contributed by atoms with E-state index in [2.05, 4.69) is 0 Å². The van der Waals surface area contributed by atoms with Gasteiger partial charge in [0, 0.05) is 13.6 Å². The Kier molecular flexibility index (Phi) is 3.06. The van der Waals surface area contributed by atoms with Crippen molar-refractivity contribution in [2.75, 3.05) is 13.6 Å². The van der Waals surface area contributed by atoms with Crippen LogP contribution >= 0.6 is 0 Å². The summed E-state index contributed by atoms with van der Waals surface area (Å²) in [6.45, 7) is 0.199. The fourth-order valence-electron chi connectivity index (χ4n) is 2.12. The predicted octanol–water partition coefficient (Wildman–Crippen LogP) is 1.62. The van der Waals surface area contributed by atoms with Crippen LogP contribution in [0.2, 0.25) is 0 Å². The number of likely N-dealkylation sites (tertiary alicyclic amines) is 1. The number of amides is 1. The van der Waals surface area contributed by atoms with Crippen molar-refractivity contribution in [2.45, 2.75) is 18.2 Å². The summed E-state index contributed by atoms with van der Waals surface area (Å²) in [5, 5.41) is 9.73. The molecule has 1 aromatic carbocycles. The third kappa shape index (κ3) is 2.20. The molecule has 98 valence electrons. The molecule has 18 heavy (non-hydrogen) atoms. The first-order chi connectivity index (χ1) is 8.30. The zero-order chi connectivity index (χ0) is 13.5. The molecule has 2 unspecified atom stereocenters. The number of hydrogen-bond acceptors (Lipinski definition) is 2. The molecule has 0 aromatic heterocycles. The summed E-state index contributed by atoms with van der Waals surface area (Å²) in [7, 11) is 1.55. The molecular weight excluding hydrogens is 247 g/mol. The smallest absolute Gasteiger partial charge is 0.390 e. The lowest BCUT2D eigenvalue weighted by molar-refractivity contribution is -0.137. The van der Waals surface area contributed by atoms with Crippen molar-refractivity contribution in [3.63, 3.8) is 0 Å². The maximum Gasteiger partial charge on any atom is 0.416 e. The standard InChI is InChI=1S/C12H12F3NO2/c1-16-6-9(17)10(11(16)18)7-2-4-8(5-3-7)12(13,14)15/h2-5,9-10,17H,6H2,1H3. The van der Waals surface area contributed by atoms with Crippen molar-refractivity contribution in [1.29, 1.82) is 0 Å². The molecule has 1 fully saturated rings. The highest BCUT2D eigenvalue weighted by Gasteiger charge is 2.39. The van der Waals surface area contributed by atoms with E-state index in [9.17, 15) is 23.1 Å². The highest BCUT2D eigenvalue weighted by molar-refractivity contribution is 5.86. The summed E-state index contributed by atoms with van der Waals surface area (Å²) in [6.07, 6.45) is -5.27. The molecular formula is C12H12F3NO2. The van der Waals surface area contributed by atoms with Gasteiger partial charge in [0.15, 0.2) is 0 Å². The lowest BCUT2D eigenvalue weighted by Gasteiger charge is -2.13. The van der Waals surface area contributed by atoms with E-state index < -0.39 is 23.8 Å². The number of aliphatic hydroxyl groups is 1. The minimum atomic E-state index is -4.40. The topological polar surface area (TPSA) is 40.5 Å². The van der Waals surface area contributed by atoms with Crippen LogP contribution in [0.15, 0.2) is 24.3 Å². The lowest BCUT2D eigenvalue weighted by Crippen LogP contribution is -2.21. The van der Waals surface area contributed by atoms with Crippen LogP contribution in [0.5, 0.6) is 0 Å². The van der Waals surface area contributed by atoms with E-state index >= 15 is 0 Å². The van der Waals surface area contributed by atoms with Crippen LogP contribution in [0.3, 0.4) is 0 Å². The van der Waals surface area contributed by atoms with Crippen molar-refractivity contribution in [3.8, 4) is 0 Å². The second-order valence-electron chi connectivity index (χ2n) is 4.38. The molecule has 1 aliphatic heterocycles. The van der Waals surface area contributed by atoms with Crippen LogP contribution in [-0.2, 0) is 11.0 Å². The summed E-state index contributed by atoms with van der Waals surface area (Å²) in [5.74, 6) is -1.04. The fraction of sp³-hybridized carbons (Fsp3) is 0.417. The van der Waals surface area contributed by atoms with E-state index in [1.807, 2.05) is 0 Å². The summed E-state index contributed by atoms with van der Waals surface area (Å²) in [4.78, 5) is 13.1. The second-order valence-corrected chi connectivity index (χ2v) is 4.38. The molecule has 3 nitrogen and oxygen atoms in total. The number of halogens is 3. The Morgan fingerprint density at radius 2 is 1.83 bits per heavy atom. The number of hydrogen-bond donors (Lipinski definition) is 1. The third-order valence-electron chi connectivity index (χ3n) is 3.09. The van der Waals surface area contributed by atoms with Crippen LogP contribution in [0, 0.1) is 0 Å². The summed E-state index contributed by atoms with van der Waals surface area (Å²) >= 11 is 0. The molecule has 1 aliphatic rings. The molecule has 0 bridgehead atoms. The average Bonchev–Trinajstić information content (AvgIpc) is 2.52. The first-order valence-electron chi connectivity index (χ1n) is 5.41. The summed E-state index contributed by atoms with van der Waals surface area (Å²) in [6, 6.07) is 4.34. The van der Waals surface area contributed by atoms with Crippen LogP contribution in [-0.4, -0.2) is 35.6 Å². The Hall–Kier alpha value is -1.56. The molecule has 2 rings (SSSR count). The van der Waals surface area contributed by atoms with Gasteiger partial charge in [-0.05, 0) is 17.7 Å². The van der Waals surface area contributed by atoms with Gasteiger partial charge in [0.1, 0.15) is 0 Å². The van der Waals surface area contributed by atoms with Crippen molar-refractivity contribution in [3.05, 3.63) is 35.4 Å². The number of β-amino-alcohol motifs (C(OH)–C–C–N with tert-alkyl or cyclic N) is 1.